The smallest absolute Gasteiger partial charge is 0.0992 e. The molecule has 1 aliphatic heterocycles. The Morgan fingerprint density at radius 1 is 1.18 bits per heavy atom. The maximum Gasteiger partial charge on any atom is 0.0992 e. The van der Waals surface area contributed by atoms with E-state index in [1.807, 2.05) is 0 Å². The van der Waals surface area contributed by atoms with E-state index in [9.17, 15) is 10.2 Å². The zero-order valence-electron chi connectivity index (χ0n) is 6.58. The van der Waals surface area contributed by atoms with Crippen molar-refractivity contribution in [2.75, 3.05) is 6.54 Å². The van der Waals surface area contributed by atoms with Gasteiger partial charge in [0.25, 0.3) is 0 Å². The lowest BCUT2D eigenvalue weighted by Gasteiger charge is -2.27. The third kappa shape index (κ3) is 0.991. The van der Waals surface area contributed by atoms with Crippen molar-refractivity contribution in [3.63, 3.8) is 0 Å². The van der Waals surface area contributed by atoms with E-state index in [1.54, 1.807) is 0 Å². The number of β-amino-alcohol motifs (C(OH)–C–C–N with tert-alkyl or cyclic N) is 1. The van der Waals surface area contributed by atoms with Crippen LogP contribution in [0.15, 0.2) is 0 Å². The third-order valence-corrected chi connectivity index (χ3v) is 3.09. The first-order chi connectivity index (χ1) is 5.25. The fourth-order valence-corrected chi connectivity index (χ4v) is 2.37. The van der Waals surface area contributed by atoms with Gasteiger partial charge in [0, 0.05) is 12.1 Å². The Morgan fingerprint density at radius 3 is 2.27 bits per heavy atom. The largest absolute Gasteiger partial charge is 0.389 e. The van der Waals surface area contributed by atoms with E-state index in [0.29, 0.717) is 6.54 Å². The van der Waals surface area contributed by atoms with Gasteiger partial charge in [0.15, 0.2) is 0 Å². The molecular weight excluding hydrogens is 142 g/mol. The molecule has 1 aliphatic carbocycles. The molecule has 3 nitrogen and oxygen atoms in total. The van der Waals surface area contributed by atoms with E-state index in [0.717, 1.165) is 12.8 Å². The van der Waals surface area contributed by atoms with Gasteiger partial charge in [0.1, 0.15) is 0 Å². The molecule has 3 N–H and O–H groups in total. The minimum Gasteiger partial charge on any atom is -0.389 e. The van der Waals surface area contributed by atoms with Gasteiger partial charge in [-0.2, -0.15) is 0 Å². The van der Waals surface area contributed by atoms with Gasteiger partial charge in [-0.1, -0.05) is 12.8 Å². The third-order valence-electron chi connectivity index (χ3n) is 3.09. The maximum atomic E-state index is 9.64. The summed E-state index contributed by atoms with van der Waals surface area (Å²) in [5.41, 5.74) is -0.126. The lowest BCUT2D eigenvalue weighted by molar-refractivity contribution is 0.0124. The first-order valence-electron chi connectivity index (χ1n) is 4.36. The predicted molar refractivity (Wildman–Crippen MR) is 41.2 cm³/mol. The van der Waals surface area contributed by atoms with E-state index < -0.39 is 12.2 Å². The molecule has 0 bridgehead atoms. The van der Waals surface area contributed by atoms with E-state index in [2.05, 4.69) is 5.32 Å². The van der Waals surface area contributed by atoms with Crippen LogP contribution < -0.4 is 5.32 Å². The highest BCUT2D eigenvalue weighted by Crippen LogP contribution is 2.36. The van der Waals surface area contributed by atoms with Crippen LogP contribution in [0.4, 0.5) is 0 Å². The SMILES string of the molecule is O[C@H]1CNC2(CCCC2)[C@H]1O. The quantitative estimate of drug-likeness (QED) is 0.449. The highest BCUT2D eigenvalue weighted by atomic mass is 16.3. The highest BCUT2D eigenvalue weighted by molar-refractivity contribution is 5.06. The Labute approximate surface area is 66.4 Å². The molecule has 1 saturated carbocycles. The van der Waals surface area contributed by atoms with Crippen LogP contribution in [-0.2, 0) is 0 Å². The second-order valence-electron chi connectivity index (χ2n) is 3.76. The van der Waals surface area contributed by atoms with Crippen molar-refractivity contribution in [1.82, 2.24) is 5.32 Å². The molecule has 0 aromatic rings. The molecule has 64 valence electrons. The zero-order valence-corrected chi connectivity index (χ0v) is 6.58. The zero-order chi connectivity index (χ0) is 7.90. The van der Waals surface area contributed by atoms with Crippen LogP contribution >= 0.6 is 0 Å². The molecule has 0 aromatic carbocycles. The summed E-state index contributed by atoms with van der Waals surface area (Å²) in [5, 5.41) is 22.2. The molecule has 11 heavy (non-hydrogen) atoms. The van der Waals surface area contributed by atoms with Gasteiger partial charge in [-0.25, -0.2) is 0 Å². The van der Waals surface area contributed by atoms with Gasteiger partial charge < -0.3 is 15.5 Å². The van der Waals surface area contributed by atoms with Crippen molar-refractivity contribution < 1.29 is 10.2 Å². The molecule has 2 rings (SSSR count). The Balaban J connectivity index is 2.13. The number of hydrogen-bond acceptors (Lipinski definition) is 3. The Kier molecular flexibility index (Phi) is 1.67. The molecule has 0 radical (unpaired) electrons. The fourth-order valence-electron chi connectivity index (χ4n) is 2.37. The number of hydrogen-bond donors (Lipinski definition) is 3. The Morgan fingerprint density at radius 2 is 1.82 bits per heavy atom. The second-order valence-corrected chi connectivity index (χ2v) is 3.76. The van der Waals surface area contributed by atoms with Crippen molar-refractivity contribution in [2.24, 2.45) is 0 Å². The normalized spacial score (nSPS) is 42.0. The lowest BCUT2D eigenvalue weighted by Crippen LogP contribution is -2.46. The lowest BCUT2D eigenvalue weighted by atomic mass is 9.92. The van der Waals surface area contributed by atoms with E-state index in [1.165, 1.54) is 12.8 Å². The number of nitrogens with one attached hydrogen (secondary N) is 1. The summed E-state index contributed by atoms with van der Waals surface area (Å²) in [5.74, 6) is 0. The number of aliphatic hydroxyl groups excluding tert-OH is 2. The molecule has 2 aliphatic rings. The number of rotatable bonds is 0. The van der Waals surface area contributed by atoms with Crippen LogP contribution in [0.1, 0.15) is 25.7 Å². The molecule has 1 saturated heterocycles. The summed E-state index contributed by atoms with van der Waals surface area (Å²) < 4.78 is 0. The summed E-state index contributed by atoms with van der Waals surface area (Å²) in [6.07, 6.45) is 3.31. The van der Waals surface area contributed by atoms with Crippen LogP contribution in [0.25, 0.3) is 0 Å². The van der Waals surface area contributed by atoms with E-state index >= 15 is 0 Å². The molecule has 2 atom stereocenters. The van der Waals surface area contributed by atoms with E-state index in [4.69, 9.17) is 0 Å². The summed E-state index contributed by atoms with van der Waals surface area (Å²) >= 11 is 0. The first-order valence-corrected chi connectivity index (χ1v) is 4.36. The van der Waals surface area contributed by atoms with Gasteiger partial charge in [-0.3, -0.25) is 0 Å². The predicted octanol–water partition coefficient (Wildman–Crippen LogP) is -0.376. The average molecular weight is 157 g/mol. The van der Waals surface area contributed by atoms with Crippen LogP contribution in [0.3, 0.4) is 0 Å². The van der Waals surface area contributed by atoms with Crippen molar-refractivity contribution in [2.45, 2.75) is 43.4 Å². The molecule has 1 heterocycles. The van der Waals surface area contributed by atoms with Gasteiger partial charge in [0.2, 0.25) is 0 Å². The van der Waals surface area contributed by atoms with Crippen molar-refractivity contribution in [3.05, 3.63) is 0 Å². The van der Waals surface area contributed by atoms with Crippen molar-refractivity contribution in [1.29, 1.82) is 0 Å². The molecular formula is C8H15NO2. The van der Waals surface area contributed by atoms with Crippen molar-refractivity contribution in [3.8, 4) is 0 Å². The molecule has 3 heteroatoms. The molecule has 0 aromatic heterocycles. The maximum absolute atomic E-state index is 9.64. The monoisotopic (exact) mass is 157 g/mol. The molecule has 0 amide bonds. The molecule has 1 spiro atoms. The highest BCUT2D eigenvalue weighted by Gasteiger charge is 2.48. The minimum atomic E-state index is -0.548. The summed E-state index contributed by atoms with van der Waals surface area (Å²) in [6.45, 7) is 0.557. The van der Waals surface area contributed by atoms with Crippen LogP contribution in [0.2, 0.25) is 0 Å². The molecule has 0 unspecified atom stereocenters. The number of aliphatic hydroxyl groups is 2. The van der Waals surface area contributed by atoms with E-state index in [-0.39, 0.29) is 5.54 Å². The minimum absolute atomic E-state index is 0.126. The average Bonchev–Trinajstić information content (AvgIpc) is 2.56. The Bertz CT molecular complexity index is 154. The second kappa shape index (κ2) is 2.44. The van der Waals surface area contributed by atoms with Gasteiger partial charge in [-0.15, -0.1) is 0 Å². The van der Waals surface area contributed by atoms with Crippen LogP contribution in [0, 0.1) is 0 Å². The van der Waals surface area contributed by atoms with Gasteiger partial charge >= 0.3 is 0 Å². The molecule has 2 fully saturated rings. The van der Waals surface area contributed by atoms with Crippen LogP contribution in [0.5, 0.6) is 0 Å². The summed E-state index contributed by atoms with van der Waals surface area (Å²) in [7, 11) is 0. The van der Waals surface area contributed by atoms with Gasteiger partial charge in [0.05, 0.1) is 12.2 Å². The summed E-state index contributed by atoms with van der Waals surface area (Å²) in [6, 6.07) is 0. The topological polar surface area (TPSA) is 52.5 Å². The Hall–Kier alpha value is -0.120. The van der Waals surface area contributed by atoms with Crippen LogP contribution in [-0.4, -0.2) is 34.5 Å². The standard InChI is InChI=1S/C8H15NO2/c10-6-5-9-8(7(6)11)3-1-2-4-8/h6-7,9-11H,1-5H2/t6-,7-/m0/s1. The van der Waals surface area contributed by atoms with Crippen molar-refractivity contribution >= 4 is 0 Å². The fraction of sp³-hybridized carbons (Fsp3) is 1.00. The first kappa shape index (κ1) is 7.53. The summed E-state index contributed by atoms with van der Waals surface area (Å²) in [4.78, 5) is 0. The van der Waals surface area contributed by atoms with Gasteiger partial charge in [-0.05, 0) is 12.8 Å².